The van der Waals surface area contributed by atoms with Crippen LogP contribution in [0.25, 0.3) is 17.1 Å². The summed E-state index contributed by atoms with van der Waals surface area (Å²) in [5, 5.41) is 17.0. The molecule has 0 fully saturated rings. The molecule has 0 bridgehead atoms. The van der Waals surface area contributed by atoms with Crippen molar-refractivity contribution >= 4 is 22.9 Å². The molecular weight excluding hydrogens is 356 g/mol. The van der Waals surface area contributed by atoms with Crippen LogP contribution in [0.4, 0.5) is 11.8 Å². The summed E-state index contributed by atoms with van der Waals surface area (Å²) in [5.74, 6) is 1.39. The molecule has 0 spiro atoms. The predicted molar refractivity (Wildman–Crippen MR) is 107 cm³/mol. The van der Waals surface area contributed by atoms with Gasteiger partial charge in [0.2, 0.25) is 11.9 Å². The normalized spacial score (nSPS) is 11.2. The highest BCUT2D eigenvalue weighted by molar-refractivity contribution is 5.84. The van der Waals surface area contributed by atoms with Crippen molar-refractivity contribution in [3.05, 3.63) is 53.9 Å². The summed E-state index contributed by atoms with van der Waals surface area (Å²) < 4.78 is 3.69. The van der Waals surface area contributed by atoms with E-state index in [0.29, 0.717) is 35.4 Å². The lowest BCUT2D eigenvalue weighted by atomic mass is 10.1. The highest BCUT2D eigenvalue weighted by atomic mass is 16.3. The number of nitrogens with two attached hydrogens (primary N) is 1. The topological polar surface area (TPSA) is 120 Å². The van der Waals surface area contributed by atoms with Crippen molar-refractivity contribution in [2.24, 2.45) is 0 Å². The number of nitrogens with one attached hydrogen (secondary N) is 1. The van der Waals surface area contributed by atoms with Crippen molar-refractivity contribution in [3.63, 3.8) is 0 Å². The van der Waals surface area contributed by atoms with Crippen LogP contribution in [0.3, 0.4) is 0 Å². The van der Waals surface area contributed by atoms with Gasteiger partial charge in [0.15, 0.2) is 17.0 Å². The van der Waals surface area contributed by atoms with Crippen LogP contribution in [0.15, 0.2) is 42.7 Å². The second-order valence-corrected chi connectivity index (χ2v) is 6.40. The summed E-state index contributed by atoms with van der Waals surface area (Å²) in [5.41, 5.74) is 9.24. The second kappa shape index (κ2) is 7.65. The van der Waals surface area contributed by atoms with Gasteiger partial charge in [-0.3, -0.25) is 4.57 Å². The zero-order chi connectivity index (χ0) is 19.5. The Bertz CT molecular complexity index is 1090. The molecule has 3 heterocycles. The quantitative estimate of drug-likeness (QED) is 0.450. The summed E-state index contributed by atoms with van der Waals surface area (Å²) >= 11 is 0. The molecule has 0 aliphatic heterocycles. The van der Waals surface area contributed by atoms with Crippen LogP contribution >= 0.6 is 0 Å². The third kappa shape index (κ3) is 3.27. The minimum Gasteiger partial charge on any atom is -0.392 e. The molecule has 0 aliphatic rings. The molecule has 4 N–H and O–H groups in total. The summed E-state index contributed by atoms with van der Waals surface area (Å²) in [4.78, 5) is 13.6. The van der Waals surface area contributed by atoms with Crippen LogP contribution in [-0.4, -0.2) is 34.4 Å². The first-order valence-corrected chi connectivity index (χ1v) is 9.16. The van der Waals surface area contributed by atoms with Gasteiger partial charge in [-0.1, -0.05) is 31.2 Å². The van der Waals surface area contributed by atoms with E-state index in [1.807, 2.05) is 41.1 Å². The molecule has 0 atom stereocenters. The fraction of sp³-hybridized carbons (Fsp3) is 0.263. The number of aromatic nitrogens is 6. The molecule has 9 heteroatoms. The molecule has 0 radical (unpaired) electrons. The van der Waals surface area contributed by atoms with Crippen LogP contribution in [0.1, 0.15) is 24.5 Å². The number of imidazole rings is 1. The Morgan fingerprint density at radius 1 is 1.11 bits per heavy atom. The zero-order valence-corrected chi connectivity index (χ0v) is 15.6. The van der Waals surface area contributed by atoms with E-state index in [1.54, 1.807) is 10.9 Å². The standard InChI is InChI=1S/C19H22N8O/c1-2-9-26-17-15(23-19(26)27-10-5-8-22-27)16(20)24-18(25-17)21-11-13-6-3-4-7-14(13)12-28/h3-8,10,28H,2,9,11-12H2,1H3,(H3,20,21,24,25). The van der Waals surface area contributed by atoms with Gasteiger partial charge < -0.3 is 16.2 Å². The number of rotatable bonds is 7. The second-order valence-electron chi connectivity index (χ2n) is 6.40. The Labute approximate surface area is 161 Å². The van der Waals surface area contributed by atoms with Gasteiger partial charge in [0.25, 0.3) is 0 Å². The van der Waals surface area contributed by atoms with E-state index in [2.05, 4.69) is 32.3 Å². The van der Waals surface area contributed by atoms with Crippen molar-refractivity contribution in [2.75, 3.05) is 11.1 Å². The molecular formula is C19H22N8O. The van der Waals surface area contributed by atoms with Crippen molar-refractivity contribution in [1.29, 1.82) is 0 Å². The minimum absolute atomic E-state index is 0.0175. The van der Waals surface area contributed by atoms with E-state index in [-0.39, 0.29) is 6.61 Å². The number of benzene rings is 1. The Kier molecular flexibility index (Phi) is 4.90. The lowest BCUT2D eigenvalue weighted by Gasteiger charge is -2.10. The molecule has 0 saturated heterocycles. The Morgan fingerprint density at radius 3 is 2.64 bits per heavy atom. The number of aliphatic hydroxyl groups excluding tert-OH is 1. The van der Waals surface area contributed by atoms with Crippen LogP contribution in [-0.2, 0) is 19.7 Å². The Balaban J connectivity index is 1.72. The molecule has 28 heavy (non-hydrogen) atoms. The van der Waals surface area contributed by atoms with Gasteiger partial charge in [-0.15, -0.1) is 0 Å². The Morgan fingerprint density at radius 2 is 1.93 bits per heavy atom. The first kappa shape index (κ1) is 17.9. The van der Waals surface area contributed by atoms with Crippen LogP contribution in [0.5, 0.6) is 0 Å². The largest absolute Gasteiger partial charge is 0.392 e. The van der Waals surface area contributed by atoms with Crippen molar-refractivity contribution in [3.8, 4) is 5.95 Å². The molecule has 0 amide bonds. The molecule has 144 valence electrons. The van der Waals surface area contributed by atoms with Gasteiger partial charge in [-0.25, -0.2) is 9.67 Å². The molecule has 4 aromatic rings. The molecule has 0 unspecified atom stereocenters. The maximum atomic E-state index is 9.49. The summed E-state index contributed by atoms with van der Waals surface area (Å²) in [6.07, 6.45) is 4.45. The molecule has 0 aliphatic carbocycles. The van der Waals surface area contributed by atoms with Gasteiger partial charge in [0.1, 0.15) is 0 Å². The van der Waals surface area contributed by atoms with Crippen molar-refractivity contribution < 1.29 is 5.11 Å². The highest BCUT2D eigenvalue weighted by Crippen LogP contribution is 2.23. The number of aliphatic hydroxyl groups is 1. The molecule has 1 aromatic carbocycles. The number of hydrogen-bond acceptors (Lipinski definition) is 7. The third-order valence-electron chi connectivity index (χ3n) is 4.48. The van der Waals surface area contributed by atoms with E-state index in [4.69, 9.17) is 5.73 Å². The predicted octanol–water partition coefficient (Wildman–Crippen LogP) is 2.11. The monoisotopic (exact) mass is 378 g/mol. The maximum Gasteiger partial charge on any atom is 0.233 e. The SMILES string of the molecule is CCCn1c(-n2cccn2)nc2c(N)nc(NCc3ccccc3CO)nc21. The zero-order valence-electron chi connectivity index (χ0n) is 15.6. The van der Waals surface area contributed by atoms with Gasteiger partial charge >= 0.3 is 0 Å². The smallest absolute Gasteiger partial charge is 0.233 e. The maximum absolute atomic E-state index is 9.49. The van der Waals surface area contributed by atoms with E-state index in [9.17, 15) is 5.11 Å². The lowest BCUT2D eigenvalue weighted by molar-refractivity contribution is 0.280. The minimum atomic E-state index is -0.0175. The van der Waals surface area contributed by atoms with Gasteiger partial charge in [0, 0.05) is 25.5 Å². The third-order valence-corrected chi connectivity index (χ3v) is 4.48. The average molecular weight is 378 g/mol. The number of anilines is 2. The fourth-order valence-corrected chi connectivity index (χ4v) is 3.14. The number of nitrogens with zero attached hydrogens (tertiary/aromatic N) is 6. The van der Waals surface area contributed by atoms with Gasteiger partial charge in [-0.05, 0) is 23.6 Å². The lowest BCUT2D eigenvalue weighted by Crippen LogP contribution is -2.10. The summed E-state index contributed by atoms with van der Waals surface area (Å²) in [6.45, 7) is 3.29. The molecule has 3 aromatic heterocycles. The van der Waals surface area contributed by atoms with Gasteiger partial charge in [0.05, 0.1) is 6.61 Å². The molecule has 9 nitrogen and oxygen atoms in total. The number of aryl methyl sites for hydroxylation is 1. The number of nitrogen functional groups attached to an aromatic ring is 1. The molecule has 4 rings (SSSR count). The van der Waals surface area contributed by atoms with Crippen LogP contribution < -0.4 is 11.1 Å². The van der Waals surface area contributed by atoms with Gasteiger partial charge in [-0.2, -0.15) is 15.1 Å². The van der Waals surface area contributed by atoms with Crippen LogP contribution in [0.2, 0.25) is 0 Å². The Hall–Kier alpha value is -3.46. The highest BCUT2D eigenvalue weighted by Gasteiger charge is 2.18. The van der Waals surface area contributed by atoms with Crippen molar-refractivity contribution in [1.82, 2.24) is 29.3 Å². The summed E-state index contributed by atoms with van der Waals surface area (Å²) in [6, 6.07) is 9.52. The fourth-order valence-electron chi connectivity index (χ4n) is 3.14. The summed E-state index contributed by atoms with van der Waals surface area (Å²) in [7, 11) is 0. The first-order chi connectivity index (χ1) is 13.7. The number of hydrogen-bond donors (Lipinski definition) is 3. The number of fused-ring (bicyclic) bond motifs is 1. The van der Waals surface area contributed by atoms with E-state index >= 15 is 0 Å². The first-order valence-electron chi connectivity index (χ1n) is 9.16. The average Bonchev–Trinajstić information content (AvgIpc) is 3.36. The van der Waals surface area contributed by atoms with Crippen molar-refractivity contribution in [2.45, 2.75) is 33.0 Å². The van der Waals surface area contributed by atoms with Crippen LogP contribution in [0, 0.1) is 0 Å². The van der Waals surface area contributed by atoms with E-state index < -0.39 is 0 Å². The molecule has 0 saturated carbocycles. The van der Waals surface area contributed by atoms with E-state index in [1.165, 1.54) is 0 Å². The van der Waals surface area contributed by atoms with E-state index in [0.717, 1.165) is 24.1 Å².